The third kappa shape index (κ3) is 5.57. The zero-order valence-corrected chi connectivity index (χ0v) is 17.4. The zero-order chi connectivity index (χ0) is 20.2. The Morgan fingerprint density at radius 1 is 1.11 bits per heavy atom. The van der Waals surface area contributed by atoms with E-state index in [4.69, 9.17) is 0 Å². The van der Waals surface area contributed by atoms with Gasteiger partial charge in [-0.25, -0.2) is 8.42 Å². The van der Waals surface area contributed by atoms with Crippen molar-refractivity contribution in [3.8, 4) is 0 Å². The molecule has 0 heterocycles. The molecular formula is C21H28N2O3S. The van der Waals surface area contributed by atoms with Crippen LogP contribution in [0.15, 0.2) is 42.5 Å². The first-order valence-electron chi connectivity index (χ1n) is 9.05. The second-order valence-electron chi connectivity index (χ2n) is 6.94. The van der Waals surface area contributed by atoms with E-state index in [0.717, 1.165) is 33.7 Å². The van der Waals surface area contributed by atoms with E-state index in [2.05, 4.69) is 12.2 Å². The lowest BCUT2D eigenvalue weighted by atomic mass is 10.1. The Morgan fingerprint density at radius 3 is 2.30 bits per heavy atom. The molecule has 27 heavy (non-hydrogen) atoms. The van der Waals surface area contributed by atoms with Gasteiger partial charge in [0.05, 0.1) is 18.0 Å². The number of nitrogens with one attached hydrogen (secondary N) is 1. The van der Waals surface area contributed by atoms with Gasteiger partial charge in [-0.3, -0.25) is 9.10 Å². The van der Waals surface area contributed by atoms with Crippen LogP contribution in [-0.2, 0) is 21.2 Å². The molecule has 0 saturated heterocycles. The quantitative estimate of drug-likeness (QED) is 0.789. The summed E-state index contributed by atoms with van der Waals surface area (Å²) in [5, 5.41) is 2.90. The first-order valence-corrected chi connectivity index (χ1v) is 10.9. The van der Waals surface area contributed by atoms with Crippen molar-refractivity contribution in [2.45, 2.75) is 40.2 Å². The molecule has 5 nitrogen and oxygen atoms in total. The number of nitrogens with zero attached hydrogens (tertiary/aromatic N) is 1. The van der Waals surface area contributed by atoms with E-state index in [1.165, 1.54) is 5.56 Å². The van der Waals surface area contributed by atoms with E-state index < -0.39 is 10.0 Å². The van der Waals surface area contributed by atoms with Crippen LogP contribution in [0.25, 0.3) is 0 Å². The normalized spacial score (nSPS) is 12.5. The maximum Gasteiger partial charge on any atom is 0.241 e. The molecular weight excluding hydrogens is 360 g/mol. The third-order valence-electron chi connectivity index (χ3n) is 4.59. The number of benzene rings is 2. The van der Waals surface area contributed by atoms with Gasteiger partial charge in [0.15, 0.2) is 0 Å². The predicted molar refractivity (Wildman–Crippen MR) is 110 cm³/mol. The van der Waals surface area contributed by atoms with Crippen LogP contribution in [0.3, 0.4) is 0 Å². The summed E-state index contributed by atoms with van der Waals surface area (Å²) in [7, 11) is -3.59. The lowest BCUT2D eigenvalue weighted by Gasteiger charge is -2.25. The van der Waals surface area contributed by atoms with Gasteiger partial charge in [-0.2, -0.15) is 0 Å². The molecule has 0 radical (unpaired) electrons. The minimum absolute atomic E-state index is 0.205. The van der Waals surface area contributed by atoms with Crippen LogP contribution in [-0.4, -0.2) is 27.1 Å². The second kappa shape index (κ2) is 8.57. The SMILES string of the molecule is CCc1ccc([C@H](C)NC(=O)CN(c2cc(C)ccc2C)S(C)(=O)=O)cc1. The minimum Gasteiger partial charge on any atom is -0.348 e. The Morgan fingerprint density at radius 2 is 1.74 bits per heavy atom. The molecule has 146 valence electrons. The average molecular weight is 389 g/mol. The number of hydrogen-bond acceptors (Lipinski definition) is 3. The van der Waals surface area contributed by atoms with Gasteiger partial charge >= 0.3 is 0 Å². The van der Waals surface area contributed by atoms with Crippen LogP contribution in [0.2, 0.25) is 0 Å². The van der Waals surface area contributed by atoms with Crippen molar-refractivity contribution in [2.24, 2.45) is 0 Å². The van der Waals surface area contributed by atoms with E-state index in [9.17, 15) is 13.2 Å². The molecule has 2 aromatic rings. The molecule has 0 saturated carbocycles. The van der Waals surface area contributed by atoms with Crippen molar-refractivity contribution < 1.29 is 13.2 Å². The maximum atomic E-state index is 12.6. The Bertz CT molecular complexity index is 906. The molecule has 6 heteroatoms. The Balaban J connectivity index is 2.17. The van der Waals surface area contributed by atoms with Gasteiger partial charge in [-0.05, 0) is 55.5 Å². The Kier molecular flexibility index (Phi) is 6.65. The van der Waals surface area contributed by atoms with Crippen LogP contribution in [0.5, 0.6) is 0 Å². The number of aryl methyl sites for hydroxylation is 3. The molecule has 0 aliphatic carbocycles. The van der Waals surface area contributed by atoms with Crippen LogP contribution < -0.4 is 9.62 Å². The van der Waals surface area contributed by atoms with Crippen molar-refractivity contribution in [1.82, 2.24) is 5.32 Å². The largest absolute Gasteiger partial charge is 0.348 e. The van der Waals surface area contributed by atoms with Crippen LogP contribution in [0.4, 0.5) is 5.69 Å². The molecule has 2 rings (SSSR count). The summed E-state index contributed by atoms with van der Waals surface area (Å²) in [5.74, 6) is -0.339. The van der Waals surface area contributed by atoms with Crippen molar-refractivity contribution in [3.63, 3.8) is 0 Å². The monoisotopic (exact) mass is 388 g/mol. The predicted octanol–water partition coefficient (Wildman–Crippen LogP) is 3.51. The van der Waals surface area contributed by atoms with E-state index >= 15 is 0 Å². The lowest BCUT2D eigenvalue weighted by Crippen LogP contribution is -2.41. The summed E-state index contributed by atoms with van der Waals surface area (Å²) in [6.45, 7) is 7.46. The maximum absolute atomic E-state index is 12.6. The highest BCUT2D eigenvalue weighted by molar-refractivity contribution is 7.92. The van der Waals surface area contributed by atoms with E-state index in [0.29, 0.717) is 5.69 Å². The van der Waals surface area contributed by atoms with Crippen molar-refractivity contribution in [3.05, 3.63) is 64.7 Å². The molecule has 0 aliphatic heterocycles. The summed E-state index contributed by atoms with van der Waals surface area (Å²) in [6, 6.07) is 13.4. The molecule has 0 aliphatic rings. The fraction of sp³-hybridized carbons (Fsp3) is 0.381. The van der Waals surface area contributed by atoms with Gasteiger partial charge in [-0.1, -0.05) is 43.3 Å². The highest BCUT2D eigenvalue weighted by Crippen LogP contribution is 2.24. The molecule has 0 spiro atoms. The van der Waals surface area contributed by atoms with Gasteiger partial charge in [-0.15, -0.1) is 0 Å². The van der Waals surface area contributed by atoms with Gasteiger partial charge in [0.25, 0.3) is 0 Å². The second-order valence-corrected chi connectivity index (χ2v) is 8.85. The highest BCUT2D eigenvalue weighted by Gasteiger charge is 2.23. The first-order chi connectivity index (χ1) is 12.6. The van der Waals surface area contributed by atoms with E-state index in [1.54, 1.807) is 6.07 Å². The Labute approximate surface area is 162 Å². The lowest BCUT2D eigenvalue weighted by molar-refractivity contribution is -0.120. The first kappa shape index (κ1) is 21.0. The summed E-state index contributed by atoms with van der Waals surface area (Å²) in [6.07, 6.45) is 2.08. The molecule has 1 amide bonds. The summed E-state index contributed by atoms with van der Waals surface area (Å²) in [5.41, 5.74) is 4.50. The Hall–Kier alpha value is -2.34. The number of hydrogen-bond donors (Lipinski definition) is 1. The topological polar surface area (TPSA) is 66.5 Å². The number of sulfonamides is 1. The smallest absolute Gasteiger partial charge is 0.241 e. The molecule has 0 bridgehead atoms. The molecule has 0 unspecified atom stereocenters. The van der Waals surface area contributed by atoms with Crippen molar-refractivity contribution in [2.75, 3.05) is 17.1 Å². The average Bonchev–Trinajstić information content (AvgIpc) is 2.61. The van der Waals surface area contributed by atoms with Crippen molar-refractivity contribution >= 4 is 21.6 Å². The summed E-state index contributed by atoms with van der Waals surface area (Å²) < 4.78 is 25.8. The third-order valence-corrected chi connectivity index (χ3v) is 5.71. The van der Waals surface area contributed by atoms with Crippen LogP contribution in [0.1, 0.15) is 42.1 Å². The zero-order valence-electron chi connectivity index (χ0n) is 16.6. The van der Waals surface area contributed by atoms with E-state index in [-0.39, 0.29) is 18.5 Å². The number of carbonyl (C=O) groups excluding carboxylic acids is 1. The van der Waals surface area contributed by atoms with Gasteiger partial charge < -0.3 is 5.32 Å². The fourth-order valence-corrected chi connectivity index (χ4v) is 3.82. The van der Waals surface area contributed by atoms with Crippen LogP contribution in [0, 0.1) is 13.8 Å². The van der Waals surface area contributed by atoms with E-state index in [1.807, 2.05) is 57.2 Å². The summed E-state index contributed by atoms with van der Waals surface area (Å²) in [4.78, 5) is 12.6. The molecule has 2 aromatic carbocycles. The van der Waals surface area contributed by atoms with Crippen LogP contribution >= 0.6 is 0 Å². The molecule has 0 aromatic heterocycles. The van der Waals surface area contributed by atoms with Crippen molar-refractivity contribution in [1.29, 1.82) is 0 Å². The number of carbonyl (C=O) groups is 1. The van der Waals surface area contributed by atoms with Gasteiger partial charge in [0.1, 0.15) is 6.54 Å². The van der Waals surface area contributed by atoms with Gasteiger partial charge in [0.2, 0.25) is 15.9 Å². The number of rotatable bonds is 7. The standard InChI is InChI=1S/C21H28N2O3S/c1-6-18-9-11-19(12-10-18)17(4)22-21(24)14-23(27(5,25)26)20-13-15(2)7-8-16(20)3/h7-13,17H,6,14H2,1-5H3,(H,22,24)/t17-/m0/s1. The van der Waals surface area contributed by atoms with Gasteiger partial charge in [0, 0.05) is 0 Å². The fourth-order valence-electron chi connectivity index (χ4n) is 2.91. The highest BCUT2D eigenvalue weighted by atomic mass is 32.2. The molecule has 1 N–H and O–H groups in total. The molecule has 1 atom stereocenters. The minimum atomic E-state index is -3.59. The number of amides is 1. The number of anilines is 1. The molecule has 0 fully saturated rings. The summed E-state index contributed by atoms with van der Waals surface area (Å²) >= 11 is 0.